The quantitative estimate of drug-likeness (QED) is 0.805. The van der Waals surface area contributed by atoms with Gasteiger partial charge in [-0.3, -0.25) is 9.59 Å². The van der Waals surface area contributed by atoms with Gasteiger partial charge >= 0.3 is 5.97 Å². The van der Waals surface area contributed by atoms with Crippen LogP contribution in [0, 0.1) is 12.8 Å². The van der Waals surface area contributed by atoms with Crippen LogP contribution in [0.5, 0.6) is 0 Å². The van der Waals surface area contributed by atoms with Crippen molar-refractivity contribution in [1.82, 2.24) is 10.3 Å². The van der Waals surface area contributed by atoms with Crippen molar-refractivity contribution in [2.75, 3.05) is 6.54 Å². The standard InChI is InChI=1S/C13H20N2O3S/c1-4-5-10-15-9(3)12(19-10)13(18)14-7-8(2)6-11(16)17/h8H,4-7H2,1-3H3,(H,14,18)(H,16,17). The third-order valence-electron chi connectivity index (χ3n) is 2.65. The second-order valence-corrected chi connectivity index (χ2v) is 5.77. The number of carbonyl (C=O) groups is 2. The van der Waals surface area contributed by atoms with E-state index in [1.165, 1.54) is 11.3 Å². The van der Waals surface area contributed by atoms with Crippen LogP contribution in [-0.2, 0) is 11.2 Å². The van der Waals surface area contributed by atoms with Crippen molar-refractivity contribution in [3.8, 4) is 0 Å². The molecule has 1 atom stereocenters. The summed E-state index contributed by atoms with van der Waals surface area (Å²) < 4.78 is 0. The van der Waals surface area contributed by atoms with E-state index in [9.17, 15) is 9.59 Å². The highest BCUT2D eigenvalue weighted by Crippen LogP contribution is 2.19. The molecule has 2 N–H and O–H groups in total. The molecule has 0 aromatic carbocycles. The van der Waals surface area contributed by atoms with Crippen LogP contribution in [0.1, 0.15) is 47.1 Å². The maximum atomic E-state index is 12.0. The minimum absolute atomic E-state index is 0.0586. The smallest absolute Gasteiger partial charge is 0.303 e. The van der Waals surface area contributed by atoms with E-state index in [0.29, 0.717) is 11.4 Å². The summed E-state index contributed by atoms with van der Waals surface area (Å²) in [6.07, 6.45) is 1.95. The zero-order valence-corrected chi connectivity index (χ0v) is 12.3. The highest BCUT2D eigenvalue weighted by atomic mass is 32.1. The normalized spacial score (nSPS) is 12.2. The molecule has 0 saturated carbocycles. The number of rotatable bonds is 7. The molecule has 1 rings (SSSR count). The van der Waals surface area contributed by atoms with Gasteiger partial charge in [-0.25, -0.2) is 4.98 Å². The van der Waals surface area contributed by atoms with Crippen LogP contribution < -0.4 is 5.32 Å². The van der Waals surface area contributed by atoms with E-state index in [1.807, 2.05) is 6.92 Å². The van der Waals surface area contributed by atoms with Gasteiger partial charge in [0, 0.05) is 13.0 Å². The highest BCUT2D eigenvalue weighted by Gasteiger charge is 2.16. The van der Waals surface area contributed by atoms with E-state index in [1.54, 1.807) is 6.92 Å². The Balaban J connectivity index is 2.55. The first-order valence-corrected chi connectivity index (χ1v) is 7.22. The summed E-state index contributed by atoms with van der Waals surface area (Å²) >= 11 is 1.42. The molecule has 106 valence electrons. The number of nitrogens with one attached hydrogen (secondary N) is 1. The number of hydrogen-bond acceptors (Lipinski definition) is 4. The number of amides is 1. The molecular formula is C13H20N2O3S. The number of aliphatic carboxylic acids is 1. The lowest BCUT2D eigenvalue weighted by Gasteiger charge is -2.09. The molecule has 5 nitrogen and oxygen atoms in total. The minimum atomic E-state index is -0.846. The number of thiazole rings is 1. The first-order chi connectivity index (χ1) is 8.93. The molecule has 0 bridgehead atoms. The first kappa shape index (κ1) is 15.6. The fraction of sp³-hybridized carbons (Fsp3) is 0.615. The summed E-state index contributed by atoms with van der Waals surface area (Å²) in [5.74, 6) is -1.08. The lowest BCUT2D eigenvalue weighted by Crippen LogP contribution is -2.29. The molecule has 0 spiro atoms. The van der Waals surface area contributed by atoms with Gasteiger partial charge in [0.25, 0.3) is 5.91 Å². The third-order valence-corrected chi connectivity index (χ3v) is 3.86. The van der Waals surface area contributed by atoms with Crippen LogP contribution in [-0.4, -0.2) is 28.5 Å². The van der Waals surface area contributed by atoms with Crippen molar-refractivity contribution < 1.29 is 14.7 Å². The Morgan fingerprint density at radius 2 is 2.16 bits per heavy atom. The average Bonchev–Trinajstić information content (AvgIpc) is 2.67. The minimum Gasteiger partial charge on any atom is -0.481 e. The summed E-state index contributed by atoms with van der Waals surface area (Å²) in [6, 6.07) is 0. The predicted octanol–water partition coefficient (Wildman–Crippen LogP) is 2.24. The van der Waals surface area contributed by atoms with Gasteiger partial charge in [-0.2, -0.15) is 0 Å². The van der Waals surface area contributed by atoms with Gasteiger partial charge in [-0.05, 0) is 25.7 Å². The Bertz CT molecular complexity index is 457. The summed E-state index contributed by atoms with van der Waals surface area (Å²) in [4.78, 5) is 27.5. The zero-order chi connectivity index (χ0) is 14.4. The van der Waals surface area contributed by atoms with Gasteiger partial charge in [0.15, 0.2) is 0 Å². The van der Waals surface area contributed by atoms with Crippen LogP contribution in [0.15, 0.2) is 0 Å². The van der Waals surface area contributed by atoms with Crippen molar-refractivity contribution >= 4 is 23.2 Å². The third kappa shape index (κ3) is 4.98. The van der Waals surface area contributed by atoms with E-state index < -0.39 is 5.97 Å². The topological polar surface area (TPSA) is 79.3 Å². The Labute approximate surface area is 117 Å². The summed E-state index contributed by atoms with van der Waals surface area (Å²) in [7, 11) is 0. The van der Waals surface area contributed by atoms with Crippen LogP contribution in [0.25, 0.3) is 0 Å². The number of carboxylic acid groups (broad SMARTS) is 1. The van der Waals surface area contributed by atoms with Crippen LogP contribution in [0.3, 0.4) is 0 Å². The number of aromatic nitrogens is 1. The van der Waals surface area contributed by atoms with Crippen LogP contribution in [0.4, 0.5) is 0 Å². The lowest BCUT2D eigenvalue weighted by atomic mass is 10.1. The summed E-state index contributed by atoms with van der Waals surface area (Å²) in [6.45, 7) is 6.07. The first-order valence-electron chi connectivity index (χ1n) is 6.40. The lowest BCUT2D eigenvalue weighted by molar-refractivity contribution is -0.137. The monoisotopic (exact) mass is 284 g/mol. The van der Waals surface area contributed by atoms with E-state index in [-0.39, 0.29) is 18.2 Å². The average molecular weight is 284 g/mol. The molecule has 0 aliphatic carbocycles. The Hall–Kier alpha value is -1.43. The number of hydrogen-bond donors (Lipinski definition) is 2. The maximum Gasteiger partial charge on any atom is 0.303 e. The van der Waals surface area contributed by atoms with Gasteiger partial charge in [0.05, 0.1) is 10.7 Å². The highest BCUT2D eigenvalue weighted by molar-refractivity contribution is 7.13. The molecule has 0 aliphatic heterocycles. The molecule has 1 aromatic rings. The maximum absolute atomic E-state index is 12.0. The summed E-state index contributed by atoms with van der Waals surface area (Å²) in [5, 5.41) is 12.4. The van der Waals surface area contributed by atoms with Crippen molar-refractivity contribution in [1.29, 1.82) is 0 Å². The fourth-order valence-electron chi connectivity index (χ4n) is 1.70. The molecule has 1 aromatic heterocycles. The zero-order valence-electron chi connectivity index (χ0n) is 11.5. The fourth-order valence-corrected chi connectivity index (χ4v) is 2.78. The molecule has 19 heavy (non-hydrogen) atoms. The number of aryl methyl sites for hydroxylation is 2. The summed E-state index contributed by atoms with van der Waals surface area (Å²) in [5.41, 5.74) is 0.747. The molecule has 0 aliphatic rings. The number of nitrogens with zero attached hydrogens (tertiary/aromatic N) is 1. The van der Waals surface area contributed by atoms with Crippen molar-refractivity contribution in [2.24, 2.45) is 5.92 Å². The Morgan fingerprint density at radius 3 is 2.74 bits per heavy atom. The molecule has 0 saturated heterocycles. The van der Waals surface area contributed by atoms with E-state index >= 15 is 0 Å². The molecule has 1 heterocycles. The van der Waals surface area contributed by atoms with E-state index in [2.05, 4.69) is 17.2 Å². The van der Waals surface area contributed by atoms with Crippen molar-refractivity contribution in [2.45, 2.75) is 40.0 Å². The van der Waals surface area contributed by atoms with Crippen LogP contribution >= 0.6 is 11.3 Å². The Morgan fingerprint density at radius 1 is 1.47 bits per heavy atom. The van der Waals surface area contributed by atoms with Gasteiger partial charge in [0.1, 0.15) is 4.88 Å². The molecule has 6 heteroatoms. The van der Waals surface area contributed by atoms with Crippen molar-refractivity contribution in [3.05, 3.63) is 15.6 Å². The van der Waals surface area contributed by atoms with Crippen molar-refractivity contribution in [3.63, 3.8) is 0 Å². The second-order valence-electron chi connectivity index (χ2n) is 4.69. The van der Waals surface area contributed by atoms with E-state index in [4.69, 9.17) is 5.11 Å². The molecule has 0 radical (unpaired) electrons. The SMILES string of the molecule is CCCc1nc(C)c(C(=O)NCC(C)CC(=O)O)s1. The molecule has 0 fully saturated rings. The van der Waals surface area contributed by atoms with Gasteiger partial charge in [-0.15, -0.1) is 11.3 Å². The van der Waals surface area contributed by atoms with E-state index in [0.717, 1.165) is 23.5 Å². The molecule has 1 amide bonds. The molecular weight excluding hydrogens is 264 g/mol. The Kier molecular flexibility index (Phi) is 5.95. The van der Waals surface area contributed by atoms with Gasteiger partial charge in [0.2, 0.25) is 0 Å². The molecule has 1 unspecified atom stereocenters. The van der Waals surface area contributed by atoms with Crippen LogP contribution in [0.2, 0.25) is 0 Å². The van der Waals surface area contributed by atoms with Gasteiger partial charge < -0.3 is 10.4 Å². The number of carboxylic acids is 1. The number of carbonyl (C=O) groups excluding carboxylic acids is 1. The predicted molar refractivity (Wildman–Crippen MR) is 74.6 cm³/mol. The second kappa shape index (κ2) is 7.23. The largest absolute Gasteiger partial charge is 0.481 e. The van der Waals surface area contributed by atoms with Gasteiger partial charge in [-0.1, -0.05) is 13.8 Å².